The van der Waals surface area contributed by atoms with Gasteiger partial charge in [0.05, 0.1) is 6.04 Å². The molecule has 0 saturated heterocycles. The molecule has 0 amide bonds. The molecule has 2 N–H and O–H groups in total. The Labute approximate surface area is 104 Å². The average molecular weight is 243 g/mol. The number of aliphatic hydroxyl groups is 1. The summed E-state index contributed by atoms with van der Waals surface area (Å²) in [6.07, 6.45) is 1.47. The molecule has 1 atom stereocenters. The summed E-state index contributed by atoms with van der Waals surface area (Å²) in [6, 6.07) is 7.43. The lowest BCUT2D eigenvalue weighted by molar-refractivity contribution is 0.350. The third kappa shape index (κ3) is 2.50. The zero-order chi connectivity index (χ0) is 13.0. The van der Waals surface area contributed by atoms with Crippen molar-refractivity contribution in [3.8, 4) is 11.8 Å². The van der Waals surface area contributed by atoms with Gasteiger partial charge in [0.2, 0.25) is 0 Å². The van der Waals surface area contributed by atoms with Gasteiger partial charge in [-0.1, -0.05) is 24.0 Å². The van der Waals surface area contributed by atoms with E-state index in [4.69, 9.17) is 5.11 Å². The van der Waals surface area contributed by atoms with Gasteiger partial charge in [-0.2, -0.15) is 5.10 Å². The fourth-order valence-corrected chi connectivity index (χ4v) is 1.71. The molecule has 1 heterocycles. The van der Waals surface area contributed by atoms with Gasteiger partial charge in [0.25, 0.3) is 0 Å². The van der Waals surface area contributed by atoms with Crippen LogP contribution in [-0.2, 0) is 0 Å². The summed E-state index contributed by atoms with van der Waals surface area (Å²) < 4.78 is 1.51. The molecule has 0 radical (unpaired) electrons. The Hall–Kier alpha value is -2.32. The molecule has 92 valence electrons. The van der Waals surface area contributed by atoms with Crippen molar-refractivity contribution in [2.45, 2.75) is 13.0 Å². The van der Waals surface area contributed by atoms with Crippen molar-refractivity contribution in [2.24, 2.45) is 0 Å². The number of hydrogen-bond donors (Lipinski definition) is 2. The van der Waals surface area contributed by atoms with E-state index in [9.17, 15) is 4.79 Å². The molecule has 0 aliphatic rings. The van der Waals surface area contributed by atoms with Crippen LogP contribution in [0.1, 0.15) is 24.1 Å². The first kappa shape index (κ1) is 12.1. The summed E-state index contributed by atoms with van der Waals surface area (Å²) in [5.41, 5.74) is 1.53. The standard InChI is InChI=1S/C13H13N3O2/c1-10(16-9-14-15-13(16)18)12-6-2-4-11(8-12)5-3-7-17/h2,4,6,8-10,17H,7H2,1H3,(H,15,18). The minimum Gasteiger partial charge on any atom is -0.384 e. The number of hydrogen-bond acceptors (Lipinski definition) is 3. The number of aromatic nitrogens is 3. The van der Waals surface area contributed by atoms with Gasteiger partial charge in [-0.05, 0) is 24.6 Å². The van der Waals surface area contributed by atoms with Crippen molar-refractivity contribution in [1.29, 1.82) is 0 Å². The summed E-state index contributed by atoms with van der Waals surface area (Å²) in [7, 11) is 0. The van der Waals surface area contributed by atoms with Crippen LogP contribution in [0.5, 0.6) is 0 Å². The van der Waals surface area contributed by atoms with Gasteiger partial charge in [-0.3, -0.25) is 4.57 Å². The molecule has 5 nitrogen and oxygen atoms in total. The molecule has 5 heteroatoms. The van der Waals surface area contributed by atoms with E-state index in [0.717, 1.165) is 11.1 Å². The minimum atomic E-state index is -0.241. The minimum absolute atomic E-state index is 0.118. The number of rotatable bonds is 2. The van der Waals surface area contributed by atoms with E-state index in [1.165, 1.54) is 10.9 Å². The molecule has 1 aromatic carbocycles. The second kappa shape index (κ2) is 5.34. The number of aliphatic hydroxyl groups excluding tert-OH is 1. The Bertz CT molecular complexity index is 646. The SMILES string of the molecule is CC(c1cccc(C#CCO)c1)n1cn[nH]c1=O. The van der Waals surface area contributed by atoms with Gasteiger partial charge >= 0.3 is 5.69 Å². The number of H-pyrrole nitrogens is 1. The highest BCUT2D eigenvalue weighted by atomic mass is 16.2. The van der Waals surface area contributed by atoms with Crippen molar-refractivity contribution in [2.75, 3.05) is 6.61 Å². The number of nitrogens with zero attached hydrogens (tertiary/aromatic N) is 2. The lowest BCUT2D eigenvalue weighted by Crippen LogP contribution is -2.20. The quantitative estimate of drug-likeness (QED) is 0.756. The maximum Gasteiger partial charge on any atom is 0.343 e. The second-order valence-corrected chi connectivity index (χ2v) is 3.83. The van der Waals surface area contributed by atoms with E-state index in [-0.39, 0.29) is 18.3 Å². The second-order valence-electron chi connectivity index (χ2n) is 3.83. The number of aromatic amines is 1. The molecule has 1 aromatic heterocycles. The van der Waals surface area contributed by atoms with Gasteiger partial charge in [-0.25, -0.2) is 9.89 Å². The lowest BCUT2D eigenvalue weighted by Gasteiger charge is -2.11. The molecule has 0 bridgehead atoms. The zero-order valence-electron chi connectivity index (χ0n) is 9.92. The predicted molar refractivity (Wildman–Crippen MR) is 67.1 cm³/mol. The van der Waals surface area contributed by atoms with Gasteiger partial charge < -0.3 is 5.11 Å². The fraction of sp³-hybridized carbons (Fsp3) is 0.231. The van der Waals surface area contributed by atoms with Crippen LogP contribution < -0.4 is 5.69 Å². The normalized spacial score (nSPS) is 11.7. The summed E-state index contributed by atoms with van der Waals surface area (Å²) in [5.74, 6) is 5.43. The third-order valence-electron chi connectivity index (χ3n) is 2.67. The van der Waals surface area contributed by atoms with E-state index in [1.807, 2.05) is 31.2 Å². The fourth-order valence-electron chi connectivity index (χ4n) is 1.71. The smallest absolute Gasteiger partial charge is 0.343 e. The van der Waals surface area contributed by atoms with E-state index in [0.29, 0.717) is 0 Å². The van der Waals surface area contributed by atoms with Crippen molar-refractivity contribution in [3.05, 3.63) is 52.2 Å². The Morgan fingerprint density at radius 3 is 3.06 bits per heavy atom. The van der Waals surface area contributed by atoms with Crippen molar-refractivity contribution >= 4 is 0 Å². The third-order valence-corrected chi connectivity index (χ3v) is 2.67. The first-order valence-electron chi connectivity index (χ1n) is 5.53. The van der Waals surface area contributed by atoms with Crippen LogP contribution in [0.25, 0.3) is 0 Å². The molecule has 0 saturated carbocycles. The predicted octanol–water partition coefficient (Wildman–Crippen LogP) is 0.524. The van der Waals surface area contributed by atoms with Gasteiger partial charge in [-0.15, -0.1) is 0 Å². The monoisotopic (exact) mass is 243 g/mol. The van der Waals surface area contributed by atoms with Crippen molar-refractivity contribution < 1.29 is 5.11 Å². The summed E-state index contributed by atoms with van der Waals surface area (Å²) in [6.45, 7) is 1.75. The van der Waals surface area contributed by atoms with E-state index in [1.54, 1.807) is 0 Å². The average Bonchev–Trinajstić information content (AvgIpc) is 2.82. The molecule has 0 aliphatic carbocycles. The van der Waals surface area contributed by atoms with Crippen LogP contribution >= 0.6 is 0 Å². The maximum absolute atomic E-state index is 11.5. The van der Waals surface area contributed by atoms with E-state index >= 15 is 0 Å². The molecule has 0 spiro atoms. The van der Waals surface area contributed by atoms with Gasteiger partial charge in [0.15, 0.2) is 0 Å². The summed E-state index contributed by atoms with van der Waals surface area (Å²) in [5, 5.41) is 14.7. The highest BCUT2D eigenvalue weighted by Gasteiger charge is 2.10. The first-order valence-corrected chi connectivity index (χ1v) is 5.53. The Morgan fingerprint density at radius 2 is 2.39 bits per heavy atom. The molecule has 1 unspecified atom stereocenters. The Morgan fingerprint density at radius 1 is 1.56 bits per heavy atom. The van der Waals surface area contributed by atoms with Crippen LogP contribution in [0.2, 0.25) is 0 Å². The van der Waals surface area contributed by atoms with Crippen LogP contribution in [0.15, 0.2) is 35.4 Å². The van der Waals surface area contributed by atoms with Crippen LogP contribution in [0, 0.1) is 11.8 Å². The molecule has 0 aliphatic heterocycles. The van der Waals surface area contributed by atoms with E-state index in [2.05, 4.69) is 22.0 Å². The first-order chi connectivity index (χ1) is 8.72. The maximum atomic E-state index is 11.5. The summed E-state index contributed by atoms with van der Waals surface area (Å²) >= 11 is 0. The molecular weight excluding hydrogens is 230 g/mol. The van der Waals surface area contributed by atoms with Gasteiger partial charge in [0.1, 0.15) is 12.9 Å². The Kier molecular flexibility index (Phi) is 3.60. The largest absolute Gasteiger partial charge is 0.384 e. The number of benzene rings is 1. The molecule has 18 heavy (non-hydrogen) atoms. The van der Waals surface area contributed by atoms with Crippen LogP contribution in [-0.4, -0.2) is 26.5 Å². The molecule has 0 fully saturated rings. The Balaban J connectivity index is 2.34. The highest BCUT2D eigenvalue weighted by Crippen LogP contribution is 2.16. The van der Waals surface area contributed by atoms with Crippen molar-refractivity contribution in [1.82, 2.24) is 14.8 Å². The molecule has 2 aromatic rings. The number of nitrogens with one attached hydrogen (secondary N) is 1. The topological polar surface area (TPSA) is 70.9 Å². The van der Waals surface area contributed by atoms with Gasteiger partial charge in [0, 0.05) is 5.56 Å². The van der Waals surface area contributed by atoms with E-state index < -0.39 is 0 Å². The molecule has 2 rings (SSSR count). The van der Waals surface area contributed by atoms with Crippen molar-refractivity contribution in [3.63, 3.8) is 0 Å². The molecular formula is C13H13N3O2. The zero-order valence-corrected chi connectivity index (χ0v) is 9.92. The summed E-state index contributed by atoms with van der Waals surface area (Å²) in [4.78, 5) is 11.5. The van der Waals surface area contributed by atoms with Crippen LogP contribution in [0.4, 0.5) is 0 Å². The van der Waals surface area contributed by atoms with Crippen LogP contribution in [0.3, 0.4) is 0 Å². The highest BCUT2D eigenvalue weighted by molar-refractivity contribution is 5.38. The lowest BCUT2D eigenvalue weighted by atomic mass is 10.1.